The van der Waals surface area contributed by atoms with Crippen LogP contribution in [-0.2, 0) is 9.53 Å². The van der Waals surface area contributed by atoms with E-state index < -0.39 is 54.0 Å². The van der Waals surface area contributed by atoms with Crippen LogP contribution < -0.4 is 4.74 Å². The minimum Gasteiger partial charge on any atom is -0.507 e. The van der Waals surface area contributed by atoms with Gasteiger partial charge in [-0.15, -0.1) is 0 Å². The van der Waals surface area contributed by atoms with Crippen LogP contribution in [0.25, 0.3) is 0 Å². The lowest BCUT2D eigenvalue weighted by Crippen LogP contribution is -2.61. The molecule has 1 aliphatic heterocycles. The molecule has 0 amide bonds. The Bertz CT molecular complexity index is 1060. The predicted molar refractivity (Wildman–Crippen MR) is 96.4 cm³/mol. The maximum atomic E-state index is 13.0. The maximum Gasteiger partial charge on any atom is 0.335 e. The van der Waals surface area contributed by atoms with Crippen molar-refractivity contribution in [3.63, 3.8) is 0 Å². The molecule has 30 heavy (non-hydrogen) atoms. The number of carbonyl (C=O) groups excluding carboxylic acids is 2. The molecule has 1 aliphatic carbocycles. The van der Waals surface area contributed by atoms with E-state index >= 15 is 0 Å². The zero-order valence-electron chi connectivity index (χ0n) is 15.1. The number of ether oxygens (including phenoxy) is 2. The number of phenolic OH excluding ortho intramolecular Hbond substituents is 1. The number of hydrogen-bond donors (Lipinski definition) is 5. The van der Waals surface area contributed by atoms with Crippen LogP contribution >= 0.6 is 0 Å². The Morgan fingerprint density at radius 3 is 2.17 bits per heavy atom. The molecule has 0 radical (unpaired) electrons. The largest absolute Gasteiger partial charge is 0.507 e. The molecular weight excluding hydrogens is 400 g/mol. The Kier molecular flexibility index (Phi) is 4.79. The van der Waals surface area contributed by atoms with E-state index in [4.69, 9.17) is 14.6 Å². The molecule has 10 heteroatoms. The van der Waals surface area contributed by atoms with Gasteiger partial charge in [-0.2, -0.15) is 0 Å². The summed E-state index contributed by atoms with van der Waals surface area (Å²) < 4.78 is 10.5. The van der Waals surface area contributed by atoms with Crippen LogP contribution in [0, 0.1) is 0 Å². The van der Waals surface area contributed by atoms with Crippen molar-refractivity contribution in [2.45, 2.75) is 30.7 Å². The van der Waals surface area contributed by atoms with Gasteiger partial charge in [0.05, 0.1) is 11.1 Å². The zero-order chi connectivity index (χ0) is 21.7. The molecule has 1 saturated heterocycles. The van der Waals surface area contributed by atoms with Crippen LogP contribution in [0.15, 0.2) is 36.4 Å². The fourth-order valence-corrected chi connectivity index (χ4v) is 3.57. The van der Waals surface area contributed by atoms with Crippen LogP contribution in [0.1, 0.15) is 31.8 Å². The number of aliphatic hydroxyl groups is 3. The number of carboxylic acids is 1. The Labute approximate surface area is 168 Å². The van der Waals surface area contributed by atoms with Crippen molar-refractivity contribution in [2.75, 3.05) is 0 Å². The van der Waals surface area contributed by atoms with Gasteiger partial charge in [0.2, 0.25) is 12.1 Å². The van der Waals surface area contributed by atoms with E-state index in [1.807, 2.05) is 0 Å². The SMILES string of the molecule is O=C1c2cccc(O)c2C(=O)c2c(OC3OC(C(=O)O)C(O)C(O)C3O)cccc21. The molecule has 1 heterocycles. The van der Waals surface area contributed by atoms with Crippen molar-refractivity contribution in [3.8, 4) is 11.5 Å². The third-order valence-electron chi connectivity index (χ3n) is 5.07. The van der Waals surface area contributed by atoms with Gasteiger partial charge >= 0.3 is 5.97 Å². The lowest BCUT2D eigenvalue weighted by atomic mass is 9.83. The molecule has 5 N–H and O–H groups in total. The molecule has 4 rings (SSSR count). The molecule has 0 aromatic heterocycles. The first-order valence-electron chi connectivity index (χ1n) is 8.86. The highest BCUT2D eigenvalue weighted by Gasteiger charge is 2.48. The number of benzene rings is 2. The third-order valence-corrected chi connectivity index (χ3v) is 5.07. The van der Waals surface area contributed by atoms with E-state index in [9.17, 15) is 34.8 Å². The van der Waals surface area contributed by atoms with E-state index in [1.54, 1.807) is 0 Å². The molecule has 0 spiro atoms. The van der Waals surface area contributed by atoms with Crippen molar-refractivity contribution in [3.05, 3.63) is 58.7 Å². The highest BCUT2D eigenvalue weighted by Crippen LogP contribution is 2.37. The van der Waals surface area contributed by atoms with Crippen molar-refractivity contribution in [2.24, 2.45) is 0 Å². The first-order chi connectivity index (χ1) is 14.2. The van der Waals surface area contributed by atoms with Crippen molar-refractivity contribution >= 4 is 17.5 Å². The van der Waals surface area contributed by atoms with Gasteiger partial charge in [0.25, 0.3) is 0 Å². The van der Waals surface area contributed by atoms with Gasteiger partial charge in [0.15, 0.2) is 11.9 Å². The van der Waals surface area contributed by atoms with Gasteiger partial charge in [-0.05, 0) is 12.1 Å². The summed E-state index contributed by atoms with van der Waals surface area (Å²) in [4.78, 5) is 37.1. The van der Waals surface area contributed by atoms with E-state index in [0.717, 1.165) is 0 Å². The van der Waals surface area contributed by atoms with Gasteiger partial charge in [0, 0.05) is 11.1 Å². The number of carbonyl (C=O) groups is 3. The Balaban J connectivity index is 1.74. The number of aliphatic hydroxyl groups excluding tert-OH is 3. The average molecular weight is 416 g/mol. The number of rotatable bonds is 3. The van der Waals surface area contributed by atoms with Crippen molar-refractivity contribution in [1.29, 1.82) is 0 Å². The standard InChI is InChI=1S/C20H16O10/c21-9-5-1-3-7-11(9)14(23)12-8(13(7)22)4-2-6-10(12)29-20-17(26)15(24)16(25)18(30-20)19(27)28/h1-6,15-18,20-21,24-26H,(H,27,28). The van der Waals surface area contributed by atoms with Crippen molar-refractivity contribution in [1.82, 2.24) is 0 Å². The molecule has 2 aliphatic rings. The summed E-state index contributed by atoms with van der Waals surface area (Å²) in [5.74, 6) is -3.47. The number of aromatic hydroxyl groups is 1. The molecule has 2 aromatic carbocycles. The normalized spacial score (nSPS) is 27.9. The minimum atomic E-state index is -1.91. The number of phenols is 1. The lowest BCUT2D eigenvalue weighted by Gasteiger charge is -2.38. The summed E-state index contributed by atoms with van der Waals surface area (Å²) in [6, 6.07) is 8.15. The average Bonchev–Trinajstić information content (AvgIpc) is 2.71. The van der Waals surface area contributed by atoms with Crippen LogP contribution in [0.2, 0.25) is 0 Å². The first-order valence-corrected chi connectivity index (χ1v) is 8.86. The van der Waals surface area contributed by atoms with Gasteiger partial charge in [-0.1, -0.05) is 24.3 Å². The highest BCUT2D eigenvalue weighted by atomic mass is 16.7. The Morgan fingerprint density at radius 2 is 1.50 bits per heavy atom. The zero-order valence-corrected chi connectivity index (χ0v) is 15.1. The van der Waals surface area contributed by atoms with Crippen LogP contribution in [-0.4, -0.2) is 73.8 Å². The number of ketones is 2. The molecule has 0 saturated carbocycles. The smallest absolute Gasteiger partial charge is 0.335 e. The van der Waals surface area contributed by atoms with Crippen LogP contribution in [0.5, 0.6) is 11.5 Å². The number of hydrogen-bond acceptors (Lipinski definition) is 9. The second-order valence-corrected chi connectivity index (χ2v) is 6.89. The summed E-state index contributed by atoms with van der Waals surface area (Å²) in [6.45, 7) is 0. The molecule has 5 unspecified atom stereocenters. The lowest BCUT2D eigenvalue weighted by molar-refractivity contribution is -0.271. The topological polar surface area (TPSA) is 171 Å². The van der Waals surface area contributed by atoms with E-state index in [1.165, 1.54) is 36.4 Å². The van der Waals surface area contributed by atoms with Crippen molar-refractivity contribution < 1.29 is 49.4 Å². The van der Waals surface area contributed by atoms with Gasteiger partial charge in [-0.25, -0.2) is 4.79 Å². The fourth-order valence-electron chi connectivity index (χ4n) is 3.57. The molecule has 2 aromatic rings. The van der Waals surface area contributed by atoms with E-state index in [-0.39, 0.29) is 28.0 Å². The molecule has 156 valence electrons. The number of carboxylic acid groups (broad SMARTS) is 1. The Morgan fingerprint density at radius 1 is 0.867 bits per heavy atom. The fraction of sp³-hybridized carbons (Fsp3) is 0.250. The summed E-state index contributed by atoms with van der Waals surface area (Å²) in [5, 5.41) is 49.1. The first kappa shape index (κ1) is 20.0. The molecular formula is C20H16O10. The predicted octanol–water partition coefficient (Wildman–Crippen LogP) is -0.561. The number of fused-ring (bicyclic) bond motifs is 2. The Hall–Kier alpha value is -3.31. The summed E-state index contributed by atoms with van der Waals surface area (Å²) in [6.07, 6.45) is -9.30. The van der Waals surface area contributed by atoms with Crippen LogP contribution in [0.3, 0.4) is 0 Å². The third kappa shape index (κ3) is 2.94. The molecule has 0 bridgehead atoms. The van der Waals surface area contributed by atoms with Crippen LogP contribution in [0.4, 0.5) is 0 Å². The second-order valence-electron chi connectivity index (χ2n) is 6.89. The minimum absolute atomic E-state index is 0.0167. The molecule has 5 atom stereocenters. The summed E-state index contributed by atoms with van der Waals surface area (Å²) in [7, 11) is 0. The van der Waals surface area contributed by atoms with Gasteiger partial charge in [0.1, 0.15) is 29.8 Å². The maximum absolute atomic E-state index is 13.0. The molecule has 1 fully saturated rings. The van der Waals surface area contributed by atoms with E-state index in [0.29, 0.717) is 0 Å². The summed E-state index contributed by atoms with van der Waals surface area (Å²) in [5.41, 5.74) is -0.422. The summed E-state index contributed by atoms with van der Waals surface area (Å²) >= 11 is 0. The highest BCUT2D eigenvalue weighted by molar-refractivity contribution is 6.30. The second kappa shape index (κ2) is 7.18. The monoisotopic (exact) mass is 416 g/mol. The van der Waals surface area contributed by atoms with E-state index in [2.05, 4.69) is 0 Å². The number of aliphatic carboxylic acids is 1. The molecule has 10 nitrogen and oxygen atoms in total. The van der Waals surface area contributed by atoms with Gasteiger partial charge < -0.3 is 35.0 Å². The quantitative estimate of drug-likeness (QED) is 0.373. The van der Waals surface area contributed by atoms with Gasteiger partial charge in [-0.3, -0.25) is 9.59 Å².